The molecule has 7 heteroatoms. The van der Waals surface area contributed by atoms with Gasteiger partial charge in [0.2, 0.25) is 0 Å². The maximum atomic E-state index is 5.71. The average Bonchev–Trinajstić information content (AvgIpc) is 3.36. The van der Waals surface area contributed by atoms with Gasteiger partial charge in [0.25, 0.3) is 0 Å². The number of guanidine groups is 1. The lowest BCUT2D eigenvalue weighted by Crippen LogP contribution is -2.40. The van der Waals surface area contributed by atoms with Crippen LogP contribution in [0.1, 0.15) is 26.2 Å². The van der Waals surface area contributed by atoms with Crippen molar-refractivity contribution >= 4 is 29.9 Å². The summed E-state index contributed by atoms with van der Waals surface area (Å²) in [4.78, 5) is 9.15. The summed E-state index contributed by atoms with van der Waals surface area (Å²) in [5.74, 6) is 1.80. The molecule has 0 heterocycles. The van der Waals surface area contributed by atoms with Crippen molar-refractivity contribution in [3.8, 4) is 0 Å². The monoisotopic (exact) mass is 456 g/mol. The van der Waals surface area contributed by atoms with Gasteiger partial charge in [-0.05, 0) is 45.7 Å². The quantitative estimate of drug-likeness (QED) is 0.199. The molecule has 0 atom stereocenters. The van der Waals surface area contributed by atoms with E-state index in [1.165, 1.54) is 12.8 Å². The minimum Gasteiger partial charge on any atom is -0.383 e. The van der Waals surface area contributed by atoms with Crippen LogP contribution in [0.5, 0.6) is 0 Å². The summed E-state index contributed by atoms with van der Waals surface area (Å²) in [6.45, 7) is 9.21. The number of halogens is 1. The molecule has 1 saturated carbocycles. The van der Waals surface area contributed by atoms with Crippen LogP contribution in [-0.4, -0.2) is 89.5 Å². The molecule has 0 radical (unpaired) electrons. The van der Waals surface area contributed by atoms with Gasteiger partial charge in [-0.1, -0.05) is 0 Å². The van der Waals surface area contributed by atoms with Crippen LogP contribution < -0.4 is 5.32 Å². The summed E-state index contributed by atoms with van der Waals surface area (Å²) in [5.41, 5.74) is 0. The fourth-order valence-electron chi connectivity index (χ4n) is 2.20. The van der Waals surface area contributed by atoms with Crippen LogP contribution in [0.3, 0.4) is 0 Å². The second-order valence-electron chi connectivity index (χ2n) is 6.33. The second-order valence-corrected chi connectivity index (χ2v) is 6.33. The molecule has 0 unspecified atom stereocenters. The third-order valence-electron chi connectivity index (χ3n) is 3.95. The van der Waals surface area contributed by atoms with Crippen molar-refractivity contribution in [1.29, 1.82) is 0 Å². The van der Waals surface area contributed by atoms with Crippen molar-refractivity contribution in [2.24, 2.45) is 10.9 Å². The number of hydrogen-bond acceptors (Lipinski definition) is 4. The van der Waals surface area contributed by atoms with E-state index in [0.717, 1.165) is 70.8 Å². The molecule has 144 valence electrons. The molecule has 0 amide bonds. The first-order chi connectivity index (χ1) is 11.2. The van der Waals surface area contributed by atoms with Gasteiger partial charge in [0.1, 0.15) is 0 Å². The number of ether oxygens (including phenoxy) is 2. The van der Waals surface area contributed by atoms with E-state index in [-0.39, 0.29) is 24.0 Å². The van der Waals surface area contributed by atoms with E-state index in [0.29, 0.717) is 0 Å². The summed E-state index contributed by atoms with van der Waals surface area (Å²) in [5, 5.41) is 3.35. The number of nitrogens with zero attached hydrogens (tertiary/aromatic N) is 3. The largest absolute Gasteiger partial charge is 0.383 e. The van der Waals surface area contributed by atoms with Crippen LogP contribution in [0.2, 0.25) is 0 Å². The van der Waals surface area contributed by atoms with Gasteiger partial charge in [0, 0.05) is 46.9 Å². The van der Waals surface area contributed by atoms with Crippen molar-refractivity contribution in [3.05, 3.63) is 0 Å². The van der Waals surface area contributed by atoms with E-state index in [4.69, 9.17) is 14.5 Å². The third-order valence-corrected chi connectivity index (χ3v) is 3.95. The maximum Gasteiger partial charge on any atom is 0.193 e. The maximum absolute atomic E-state index is 5.71. The number of likely N-dealkylation sites (N-methyl/N-ethyl adjacent to an activating group) is 2. The molecule has 24 heavy (non-hydrogen) atoms. The fraction of sp³-hybridized carbons (Fsp3) is 0.941. The number of rotatable bonds is 13. The van der Waals surface area contributed by atoms with Gasteiger partial charge in [0.05, 0.1) is 13.2 Å². The zero-order chi connectivity index (χ0) is 16.9. The van der Waals surface area contributed by atoms with E-state index < -0.39 is 0 Å². The van der Waals surface area contributed by atoms with E-state index in [2.05, 4.69) is 36.1 Å². The molecular weight excluding hydrogens is 419 g/mol. The zero-order valence-corrected chi connectivity index (χ0v) is 18.3. The molecule has 1 N–H and O–H groups in total. The third kappa shape index (κ3) is 12.3. The molecule has 0 aliphatic heterocycles. The molecule has 1 fully saturated rings. The van der Waals surface area contributed by atoms with Gasteiger partial charge in [0.15, 0.2) is 5.96 Å². The predicted octanol–water partition coefficient (Wildman–Crippen LogP) is 1.90. The number of methoxy groups -OCH3 is 1. The summed E-state index contributed by atoms with van der Waals surface area (Å²) in [7, 11) is 5.94. The Kier molecular flexibility index (Phi) is 15.1. The highest BCUT2D eigenvalue weighted by molar-refractivity contribution is 14.0. The number of hydrogen-bond donors (Lipinski definition) is 1. The predicted molar refractivity (Wildman–Crippen MR) is 112 cm³/mol. The van der Waals surface area contributed by atoms with Crippen LogP contribution in [0.15, 0.2) is 4.99 Å². The van der Waals surface area contributed by atoms with E-state index in [9.17, 15) is 0 Å². The molecule has 0 spiro atoms. The Morgan fingerprint density at radius 2 is 1.92 bits per heavy atom. The Balaban J connectivity index is 0.00000529. The Bertz CT molecular complexity index is 328. The lowest BCUT2D eigenvalue weighted by atomic mass is 10.4. The highest BCUT2D eigenvalue weighted by Gasteiger charge is 2.21. The molecule has 0 aromatic rings. The standard InChI is InChI=1S/C17H36N4O2.HI/c1-5-18-17(19-9-6-10-20(2)11-13-22-4)21(3)12-14-23-15-16-7-8-16;/h16H,5-15H2,1-4H3,(H,18,19);1H. The molecule has 0 bridgehead atoms. The Labute approximate surface area is 165 Å². The highest BCUT2D eigenvalue weighted by atomic mass is 127. The normalized spacial score (nSPS) is 14.6. The van der Waals surface area contributed by atoms with Crippen molar-refractivity contribution in [1.82, 2.24) is 15.1 Å². The molecule has 1 rings (SSSR count). The molecule has 0 aromatic heterocycles. The van der Waals surface area contributed by atoms with Crippen molar-refractivity contribution < 1.29 is 9.47 Å². The summed E-state index contributed by atoms with van der Waals surface area (Å²) in [6, 6.07) is 0. The SMILES string of the molecule is CCNC(=NCCCN(C)CCOC)N(C)CCOCC1CC1.I. The minimum absolute atomic E-state index is 0. The topological polar surface area (TPSA) is 49.3 Å². The second kappa shape index (κ2) is 15.2. The molecule has 1 aliphatic carbocycles. The minimum atomic E-state index is 0. The van der Waals surface area contributed by atoms with E-state index >= 15 is 0 Å². The smallest absolute Gasteiger partial charge is 0.193 e. The van der Waals surface area contributed by atoms with Crippen LogP contribution in [0.25, 0.3) is 0 Å². The van der Waals surface area contributed by atoms with Crippen molar-refractivity contribution in [2.45, 2.75) is 26.2 Å². The van der Waals surface area contributed by atoms with Gasteiger partial charge < -0.3 is 24.6 Å². The number of aliphatic imine (C=N–C) groups is 1. The summed E-state index contributed by atoms with van der Waals surface area (Å²) < 4.78 is 10.8. The Hall–Kier alpha value is -0.120. The highest BCUT2D eigenvalue weighted by Crippen LogP contribution is 2.28. The van der Waals surface area contributed by atoms with E-state index in [1.54, 1.807) is 7.11 Å². The lowest BCUT2D eigenvalue weighted by Gasteiger charge is -2.22. The van der Waals surface area contributed by atoms with Crippen LogP contribution in [0.4, 0.5) is 0 Å². The van der Waals surface area contributed by atoms with E-state index in [1.807, 2.05) is 0 Å². The Morgan fingerprint density at radius 1 is 1.17 bits per heavy atom. The molecular formula is C17H37IN4O2. The van der Waals surface area contributed by atoms with Crippen molar-refractivity contribution in [3.63, 3.8) is 0 Å². The molecule has 1 aliphatic rings. The van der Waals surface area contributed by atoms with Gasteiger partial charge in [-0.25, -0.2) is 0 Å². The molecule has 6 nitrogen and oxygen atoms in total. The first-order valence-electron chi connectivity index (χ1n) is 8.92. The number of nitrogens with one attached hydrogen (secondary N) is 1. The lowest BCUT2D eigenvalue weighted by molar-refractivity contribution is 0.115. The zero-order valence-electron chi connectivity index (χ0n) is 15.9. The van der Waals surface area contributed by atoms with Gasteiger partial charge in [-0.15, -0.1) is 24.0 Å². The van der Waals surface area contributed by atoms with Crippen LogP contribution in [0, 0.1) is 5.92 Å². The van der Waals surface area contributed by atoms with Crippen LogP contribution >= 0.6 is 24.0 Å². The Morgan fingerprint density at radius 3 is 2.54 bits per heavy atom. The first-order valence-corrected chi connectivity index (χ1v) is 8.92. The van der Waals surface area contributed by atoms with Gasteiger partial charge in [-0.2, -0.15) is 0 Å². The fourth-order valence-corrected chi connectivity index (χ4v) is 2.20. The first kappa shape index (κ1) is 23.9. The van der Waals surface area contributed by atoms with Gasteiger partial charge >= 0.3 is 0 Å². The average molecular weight is 456 g/mol. The molecule has 0 aromatic carbocycles. The summed E-state index contributed by atoms with van der Waals surface area (Å²) >= 11 is 0. The van der Waals surface area contributed by atoms with Crippen LogP contribution in [-0.2, 0) is 9.47 Å². The van der Waals surface area contributed by atoms with Gasteiger partial charge in [-0.3, -0.25) is 4.99 Å². The molecule has 0 saturated heterocycles. The van der Waals surface area contributed by atoms with Crippen molar-refractivity contribution in [2.75, 3.05) is 73.7 Å². The summed E-state index contributed by atoms with van der Waals surface area (Å²) in [6.07, 6.45) is 3.75.